The second-order valence-corrected chi connectivity index (χ2v) is 10.3. The highest BCUT2D eigenvalue weighted by Gasteiger charge is 2.60. The second-order valence-electron chi connectivity index (χ2n) is 8.63. The van der Waals surface area contributed by atoms with E-state index in [2.05, 4.69) is 0 Å². The Bertz CT molecular complexity index is 877. The summed E-state index contributed by atoms with van der Waals surface area (Å²) in [6.45, 7) is 4.39. The molecule has 192 valence electrons. The number of phosphoric ester groups is 1. The number of methoxy groups -OCH3 is 2. The maximum absolute atomic E-state index is 13.2. The van der Waals surface area contributed by atoms with Crippen LogP contribution in [0.5, 0.6) is 0 Å². The third-order valence-corrected chi connectivity index (χ3v) is 7.00. The first-order chi connectivity index (χ1) is 15.9. The summed E-state index contributed by atoms with van der Waals surface area (Å²) in [5.41, 5.74) is 5.15. The minimum atomic E-state index is -4.15. The second kappa shape index (κ2) is 10.5. The number of fused-ring (bicyclic) bond motifs is 1. The number of hydrogen-bond acceptors (Lipinski definition) is 12. The summed E-state index contributed by atoms with van der Waals surface area (Å²) in [6.07, 6.45) is -2.91. The molecule has 0 saturated carbocycles. The summed E-state index contributed by atoms with van der Waals surface area (Å²) in [4.78, 5) is 37.3. The summed E-state index contributed by atoms with van der Waals surface area (Å²) in [7, 11) is -1.52. The number of carbonyl (C=O) groups is 3. The summed E-state index contributed by atoms with van der Waals surface area (Å²) < 4.78 is 51.1. The minimum absolute atomic E-state index is 0.184. The topological polar surface area (TPSA) is 162 Å². The Kier molecular flexibility index (Phi) is 8.31. The molecule has 3 aliphatic heterocycles. The highest BCUT2D eigenvalue weighted by molar-refractivity contribution is 7.48. The molecule has 0 radical (unpaired) electrons. The number of ketones is 1. The van der Waals surface area contributed by atoms with E-state index in [0.717, 1.165) is 0 Å². The van der Waals surface area contributed by atoms with Gasteiger partial charge in [-0.15, -0.1) is 0 Å². The van der Waals surface area contributed by atoms with Crippen LogP contribution in [0.15, 0.2) is 12.3 Å². The number of esters is 1. The van der Waals surface area contributed by atoms with Crippen molar-refractivity contribution < 1.29 is 51.5 Å². The first-order valence-corrected chi connectivity index (χ1v) is 12.2. The Balaban J connectivity index is 1.68. The van der Waals surface area contributed by atoms with Gasteiger partial charge < -0.3 is 24.7 Å². The standard InChI is InChI=1S/C20H31N2O11P/c1-11(2)31-18(25)16(28-5)13(27-4)9-29-34(26)30-10-14-17(33-34)20(3,21)19(32-14)22-7-6-12(23)8-15(22)24/h6-7,11,13-14,16-17,19H,8-10,21H2,1-5H3/t13-,14-,16-,17-,19-,20-,34-/m1/s1. The van der Waals surface area contributed by atoms with E-state index < -0.39 is 55.9 Å². The molecule has 0 aliphatic carbocycles. The van der Waals surface area contributed by atoms with Crippen LogP contribution in [0.1, 0.15) is 27.2 Å². The Morgan fingerprint density at radius 1 is 1.32 bits per heavy atom. The molecule has 13 nitrogen and oxygen atoms in total. The third kappa shape index (κ3) is 5.58. The van der Waals surface area contributed by atoms with Crippen molar-refractivity contribution in [2.24, 2.45) is 5.73 Å². The summed E-state index contributed by atoms with van der Waals surface area (Å²) in [5.74, 6) is -1.47. The molecule has 0 spiro atoms. The molecule has 3 rings (SSSR count). The smallest absolute Gasteiger partial charge is 0.461 e. The molecule has 2 N–H and O–H groups in total. The van der Waals surface area contributed by atoms with E-state index in [0.29, 0.717) is 0 Å². The van der Waals surface area contributed by atoms with Crippen molar-refractivity contribution in [1.82, 2.24) is 4.90 Å². The zero-order valence-electron chi connectivity index (χ0n) is 19.7. The van der Waals surface area contributed by atoms with Crippen molar-refractivity contribution in [3.05, 3.63) is 12.3 Å². The van der Waals surface area contributed by atoms with Crippen LogP contribution in [0, 0.1) is 0 Å². The Morgan fingerprint density at radius 2 is 2.03 bits per heavy atom. The van der Waals surface area contributed by atoms with Crippen LogP contribution in [0.4, 0.5) is 0 Å². The van der Waals surface area contributed by atoms with Gasteiger partial charge in [0, 0.05) is 20.4 Å². The first-order valence-electron chi connectivity index (χ1n) is 10.7. The number of allylic oxidation sites excluding steroid dienone is 1. The van der Waals surface area contributed by atoms with Crippen molar-refractivity contribution in [1.29, 1.82) is 0 Å². The van der Waals surface area contributed by atoms with E-state index >= 15 is 0 Å². The van der Waals surface area contributed by atoms with Crippen molar-refractivity contribution >= 4 is 25.5 Å². The molecule has 7 atom stereocenters. The molecule has 0 aromatic carbocycles. The molecule has 3 heterocycles. The van der Waals surface area contributed by atoms with Crippen molar-refractivity contribution in [2.75, 3.05) is 27.4 Å². The molecule has 0 aromatic rings. The number of rotatable bonds is 9. The Morgan fingerprint density at radius 3 is 2.62 bits per heavy atom. The van der Waals surface area contributed by atoms with Crippen LogP contribution >= 0.6 is 7.82 Å². The number of amides is 1. The van der Waals surface area contributed by atoms with E-state index in [1.165, 1.54) is 31.4 Å². The average Bonchev–Trinajstić information content (AvgIpc) is 3.00. The highest BCUT2D eigenvalue weighted by Crippen LogP contribution is 2.57. The van der Waals surface area contributed by atoms with Crippen LogP contribution in [0.3, 0.4) is 0 Å². The zero-order chi connectivity index (χ0) is 25.3. The van der Waals surface area contributed by atoms with Crippen LogP contribution < -0.4 is 5.73 Å². The van der Waals surface area contributed by atoms with E-state index in [-0.39, 0.29) is 31.5 Å². The van der Waals surface area contributed by atoms with Gasteiger partial charge in [0.1, 0.15) is 18.3 Å². The fraction of sp³-hybridized carbons (Fsp3) is 0.750. The van der Waals surface area contributed by atoms with Crippen LogP contribution in [0.2, 0.25) is 0 Å². The lowest BCUT2D eigenvalue weighted by atomic mass is 9.92. The third-order valence-electron chi connectivity index (χ3n) is 5.59. The molecule has 14 heteroatoms. The zero-order valence-corrected chi connectivity index (χ0v) is 20.6. The minimum Gasteiger partial charge on any atom is -0.461 e. The molecule has 0 bridgehead atoms. The number of phosphoric acid groups is 1. The van der Waals surface area contributed by atoms with E-state index in [4.69, 9.17) is 38.3 Å². The van der Waals surface area contributed by atoms with Crippen LogP contribution in [-0.4, -0.2) is 92.3 Å². The molecule has 2 fully saturated rings. The maximum Gasteiger partial charge on any atom is 0.475 e. The molecule has 3 aliphatic rings. The monoisotopic (exact) mass is 506 g/mol. The maximum atomic E-state index is 13.2. The van der Waals surface area contributed by atoms with Gasteiger partial charge in [-0.2, -0.15) is 0 Å². The van der Waals surface area contributed by atoms with Gasteiger partial charge >= 0.3 is 13.8 Å². The Hall–Kier alpha value is -1.70. The van der Waals surface area contributed by atoms with Gasteiger partial charge in [-0.1, -0.05) is 0 Å². The van der Waals surface area contributed by atoms with Gasteiger partial charge in [0.15, 0.2) is 18.1 Å². The molecule has 34 heavy (non-hydrogen) atoms. The predicted molar refractivity (Wildman–Crippen MR) is 114 cm³/mol. The lowest BCUT2D eigenvalue weighted by Gasteiger charge is -2.38. The molecule has 0 unspecified atom stereocenters. The fourth-order valence-corrected chi connectivity index (χ4v) is 5.39. The predicted octanol–water partition coefficient (Wildman–Crippen LogP) is 0.266. The molecular weight excluding hydrogens is 475 g/mol. The van der Waals surface area contributed by atoms with Crippen molar-refractivity contribution in [3.8, 4) is 0 Å². The number of carbonyl (C=O) groups excluding carboxylic acids is 3. The quantitative estimate of drug-likeness (QED) is 0.258. The molecule has 2 saturated heterocycles. The summed E-state index contributed by atoms with van der Waals surface area (Å²) in [6, 6.07) is 0. The molecule has 1 amide bonds. The van der Waals surface area contributed by atoms with Crippen molar-refractivity contribution in [3.63, 3.8) is 0 Å². The number of nitrogens with two attached hydrogens (primary N) is 1. The van der Waals surface area contributed by atoms with Gasteiger partial charge in [-0.05, 0) is 26.8 Å². The SMILES string of the molecule is CO[C@H](CO[P@]1(=O)OC[C@H]2O[C@@H](N3C=CC(=O)CC3=O)[C@](C)(N)[C@@H]2O1)[C@@H](OC)C(=O)OC(C)C. The van der Waals surface area contributed by atoms with E-state index in [9.17, 15) is 18.9 Å². The normalized spacial score (nSPS) is 35.4. The molecular formula is C20H31N2O11P. The van der Waals surface area contributed by atoms with Gasteiger partial charge in [-0.3, -0.25) is 28.1 Å². The van der Waals surface area contributed by atoms with Crippen LogP contribution in [-0.2, 0) is 51.5 Å². The lowest BCUT2D eigenvalue weighted by molar-refractivity contribution is -0.170. The van der Waals surface area contributed by atoms with Gasteiger partial charge in [0.2, 0.25) is 5.91 Å². The number of nitrogens with zero attached hydrogens (tertiary/aromatic N) is 1. The van der Waals surface area contributed by atoms with E-state index in [1.807, 2.05) is 0 Å². The van der Waals surface area contributed by atoms with Gasteiger partial charge in [0.05, 0.1) is 31.3 Å². The highest BCUT2D eigenvalue weighted by atomic mass is 31.2. The first kappa shape index (κ1) is 26.9. The largest absolute Gasteiger partial charge is 0.475 e. The summed E-state index contributed by atoms with van der Waals surface area (Å²) in [5, 5.41) is 0. The number of ether oxygens (including phenoxy) is 4. The van der Waals surface area contributed by atoms with Crippen molar-refractivity contribution in [2.45, 2.75) is 69.5 Å². The fourth-order valence-electron chi connectivity index (χ4n) is 3.90. The van der Waals surface area contributed by atoms with Gasteiger partial charge in [-0.25, -0.2) is 9.36 Å². The van der Waals surface area contributed by atoms with Gasteiger partial charge in [0.25, 0.3) is 0 Å². The molecule has 0 aromatic heterocycles. The lowest BCUT2D eigenvalue weighted by Crippen LogP contribution is -2.60. The Labute approximate surface area is 197 Å². The summed E-state index contributed by atoms with van der Waals surface area (Å²) >= 11 is 0. The van der Waals surface area contributed by atoms with E-state index in [1.54, 1.807) is 20.8 Å². The average molecular weight is 506 g/mol. The van der Waals surface area contributed by atoms with Crippen LogP contribution in [0.25, 0.3) is 0 Å². The number of hydrogen-bond donors (Lipinski definition) is 1.